The Kier molecular flexibility index (Phi) is 5.86. The van der Waals surface area contributed by atoms with Crippen LogP contribution in [0, 0.1) is 5.92 Å². The summed E-state index contributed by atoms with van der Waals surface area (Å²) in [5.74, 6) is -0.590. The monoisotopic (exact) mass is 272 g/mol. The van der Waals surface area contributed by atoms with Gasteiger partial charge in [-0.15, -0.1) is 0 Å². The molecule has 6 nitrogen and oxygen atoms in total. The van der Waals surface area contributed by atoms with Crippen molar-refractivity contribution in [1.29, 1.82) is 0 Å². The van der Waals surface area contributed by atoms with E-state index in [0.717, 1.165) is 0 Å². The number of aliphatic hydroxyl groups is 6. The maximum atomic E-state index is 9.98. The van der Waals surface area contributed by atoms with Crippen LogP contribution in [0.2, 0.25) is 0 Å². The second-order valence-corrected chi connectivity index (χ2v) is 4.56. The van der Waals surface area contributed by atoms with Crippen LogP contribution in [-0.2, 0) is 0 Å². The van der Waals surface area contributed by atoms with Gasteiger partial charge in [-0.3, -0.25) is 0 Å². The zero-order valence-electron chi connectivity index (χ0n) is 10.4. The van der Waals surface area contributed by atoms with Crippen LogP contribution < -0.4 is 0 Å². The van der Waals surface area contributed by atoms with E-state index in [0.29, 0.717) is 5.57 Å². The maximum absolute atomic E-state index is 9.98. The minimum absolute atomic E-state index is 0.554. The highest BCUT2D eigenvalue weighted by Gasteiger charge is 2.37. The van der Waals surface area contributed by atoms with Crippen LogP contribution in [0.4, 0.5) is 0 Å². The molecule has 0 aliphatic heterocycles. The average molecular weight is 272 g/mol. The molecule has 0 amide bonds. The van der Waals surface area contributed by atoms with Crippen LogP contribution in [-0.4, -0.2) is 67.8 Å². The Labute approximate surface area is 111 Å². The van der Waals surface area contributed by atoms with E-state index in [4.69, 9.17) is 5.11 Å². The highest BCUT2D eigenvalue weighted by atomic mass is 16.4. The van der Waals surface area contributed by atoms with Crippen molar-refractivity contribution < 1.29 is 30.6 Å². The zero-order chi connectivity index (χ0) is 14.6. The van der Waals surface area contributed by atoms with Crippen molar-refractivity contribution in [3.8, 4) is 0 Å². The summed E-state index contributed by atoms with van der Waals surface area (Å²) in [5.41, 5.74) is 0.554. The van der Waals surface area contributed by atoms with Gasteiger partial charge >= 0.3 is 0 Å². The number of rotatable bonds is 6. The highest BCUT2D eigenvalue weighted by molar-refractivity contribution is 5.32. The van der Waals surface area contributed by atoms with Gasteiger partial charge in [-0.25, -0.2) is 0 Å². The molecule has 0 aromatic heterocycles. The molecule has 0 bridgehead atoms. The highest BCUT2D eigenvalue weighted by Crippen LogP contribution is 2.24. The molecule has 2 unspecified atom stereocenters. The van der Waals surface area contributed by atoms with Crippen molar-refractivity contribution in [3.05, 3.63) is 36.5 Å². The fourth-order valence-corrected chi connectivity index (χ4v) is 1.88. The summed E-state index contributed by atoms with van der Waals surface area (Å²) in [6.45, 7) is 2.95. The summed E-state index contributed by atoms with van der Waals surface area (Å²) in [6, 6.07) is 0. The SMILES string of the molecule is C=C1C=CC=CC1C(O)[C@H](O)[C@@H](O)[C@H](O)[C@H](O)CO. The third-order valence-electron chi connectivity index (χ3n) is 3.17. The van der Waals surface area contributed by atoms with Gasteiger partial charge in [0, 0.05) is 5.92 Å². The Bertz CT molecular complexity index is 364. The third-order valence-corrected chi connectivity index (χ3v) is 3.17. The number of hydrogen-bond acceptors (Lipinski definition) is 6. The molecule has 0 heterocycles. The standard InChI is InChI=1S/C13H20O6/c1-7-4-2-3-5-8(7)10(16)12(18)13(19)11(17)9(15)6-14/h2-5,8-19H,1,6H2/t8?,9-,10?,11-,12+,13+/m1/s1. The lowest BCUT2D eigenvalue weighted by molar-refractivity contribution is -0.143. The lowest BCUT2D eigenvalue weighted by atomic mass is 9.85. The van der Waals surface area contributed by atoms with Gasteiger partial charge in [0.25, 0.3) is 0 Å². The van der Waals surface area contributed by atoms with Crippen LogP contribution >= 0.6 is 0 Å². The molecule has 0 fully saturated rings. The summed E-state index contributed by atoms with van der Waals surface area (Å²) in [6.07, 6.45) is -1.56. The summed E-state index contributed by atoms with van der Waals surface area (Å²) >= 11 is 0. The summed E-state index contributed by atoms with van der Waals surface area (Å²) in [7, 11) is 0. The normalized spacial score (nSPS) is 26.8. The Morgan fingerprint density at radius 2 is 1.63 bits per heavy atom. The van der Waals surface area contributed by atoms with Gasteiger partial charge in [-0.1, -0.05) is 30.9 Å². The minimum atomic E-state index is -1.79. The van der Waals surface area contributed by atoms with E-state index in [1.165, 1.54) is 0 Å². The van der Waals surface area contributed by atoms with E-state index in [1.807, 2.05) is 0 Å². The van der Waals surface area contributed by atoms with Crippen molar-refractivity contribution >= 4 is 0 Å². The molecule has 6 N–H and O–H groups in total. The van der Waals surface area contributed by atoms with E-state index in [1.54, 1.807) is 24.3 Å². The summed E-state index contributed by atoms with van der Waals surface area (Å²) in [4.78, 5) is 0. The molecule has 0 saturated heterocycles. The molecule has 0 aromatic carbocycles. The molecule has 0 radical (unpaired) electrons. The first-order valence-electron chi connectivity index (χ1n) is 5.95. The Balaban J connectivity index is 2.71. The largest absolute Gasteiger partial charge is 0.394 e. The van der Waals surface area contributed by atoms with Crippen LogP contribution in [0.15, 0.2) is 36.5 Å². The predicted molar refractivity (Wildman–Crippen MR) is 68.0 cm³/mol. The number of allylic oxidation sites excluding steroid dienone is 3. The third kappa shape index (κ3) is 3.73. The van der Waals surface area contributed by atoms with Crippen molar-refractivity contribution in [1.82, 2.24) is 0 Å². The fourth-order valence-electron chi connectivity index (χ4n) is 1.88. The summed E-state index contributed by atoms with van der Waals surface area (Å²) < 4.78 is 0. The zero-order valence-corrected chi connectivity index (χ0v) is 10.4. The van der Waals surface area contributed by atoms with E-state index in [9.17, 15) is 25.5 Å². The van der Waals surface area contributed by atoms with Gasteiger partial charge in [-0.2, -0.15) is 0 Å². The van der Waals surface area contributed by atoms with Gasteiger partial charge in [0.05, 0.1) is 12.7 Å². The Morgan fingerprint density at radius 1 is 1.00 bits per heavy atom. The van der Waals surface area contributed by atoms with Crippen LogP contribution in [0.1, 0.15) is 0 Å². The minimum Gasteiger partial charge on any atom is -0.394 e. The molecule has 19 heavy (non-hydrogen) atoms. The molecule has 0 aromatic rings. The average Bonchev–Trinajstić information content (AvgIpc) is 2.43. The Morgan fingerprint density at radius 3 is 2.16 bits per heavy atom. The molecule has 1 rings (SSSR count). The molecule has 0 spiro atoms. The maximum Gasteiger partial charge on any atom is 0.111 e. The predicted octanol–water partition coefficient (Wildman–Crippen LogP) is -1.92. The quantitative estimate of drug-likeness (QED) is 0.335. The van der Waals surface area contributed by atoms with Gasteiger partial charge in [0.1, 0.15) is 24.4 Å². The van der Waals surface area contributed by atoms with E-state index in [-0.39, 0.29) is 0 Å². The topological polar surface area (TPSA) is 121 Å². The van der Waals surface area contributed by atoms with Gasteiger partial charge < -0.3 is 30.6 Å². The second kappa shape index (κ2) is 6.95. The molecular weight excluding hydrogens is 252 g/mol. The molecule has 6 heteroatoms. The van der Waals surface area contributed by atoms with Crippen molar-refractivity contribution in [2.45, 2.75) is 30.5 Å². The van der Waals surface area contributed by atoms with E-state index in [2.05, 4.69) is 6.58 Å². The first kappa shape index (κ1) is 16.0. The second-order valence-electron chi connectivity index (χ2n) is 4.56. The summed E-state index contributed by atoms with van der Waals surface area (Å²) in [5, 5.41) is 56.8. The molecular formula is C13H20O6. The lowest BCUT2D eigenvalue weighted by Crippen LogP contribution is -2.51. The van der Waals surface area contributed by atoms with Crippen molar-refractivity contribution in [3.63, 3.8) is 0 Å². The van der Waals surface area contributed by atoms with Gasteiger partial charge in [0.2, 0.25) is 0 Å². The van der Waals surface area contributed by atoms with Crippen LogP contribution in [0.3, 0.4) is 0 Å². The molecule has 1 aliphatic rings. The van der Waals surface area contributed by atoms with Crippen molar-refractivity contribution in [2.75, 3.05) is 6.61 Å². The fraction of sp³-hybridized carbons (Fsp3) is 0.538. The smallest absolute Gasteiger partial charge is 0.111 e. The Hall–Kier alpha value is -1.02. The number of aliphatic hydroxyl groups excluding tert-OH is 6. The molecule has 6 atom stereocenters. The van der Waals surface area contributed by atoms with Crippen LogP contribution in [0.25, 0.3) is 0 Å². The van der Waals surface area contributed by atoms with Gasteiger partial charge in [-0.05, 0) is 5.57 Å². The first-order chi connectivity index (χ1) is 8.90. The molecule has 0 saturated carbocycles. The van der Waals surface area contributed by atoms with Crippen LogP contribution in [0.5, 0.6) is 0 Å². The van der Waals surface area contributed by atoms with Gasteiger partial charge in [0.15, 0.2) is 0 Å². The lowest BCUT2D eigenvalue weighted by Gasteiger charge is -2.32. The number of hydrogen-bond donors (Lipinski definition) is 6. The molecule has 108 valence electrons. The molecule has 1 aliphatic carbocycles. The van der Waals surface area contributed by atoms with E-state index < -0.39 is 43.0 Å². The van der Waals surface area contributed by atoms with E-state index >= 15 is 0 Å². The van der Waals surface area contributed by atoms with Crippen molar-refractivity contribution in [2.24, 2.45) is 5.92 Å². The first-order valence-corrected chi connectivity index (χ1v) is 5.95.